The molecule has 29 heavy (non-hydrogen) atoms. The summed E-state index contributed by atoms with van der Waals surface area (Å²) in [4.78, 5) is 15.2. The SMILES string of the molecule is CCOc1cc(C(=O)NC(CN(C)C)c2ccccc2)cc(OCC)c1OCC. The van der Waals surface area contributed by atoms with Gasteiger partial charge in [-0.15, -0.1) is 0 Å². The van der Waals surface area contributed by atoms with Crippen LogP contribution in [0.25, 0.3) is 0 Å². The number of carbonyl (C=O) groups excluding carboxylic acids is 1. The Morgan fingerprint density at radius 2 is 1.48 bits per heavy atom. The molecule has 0 aromatic heterocycles. The first-order valence-corrected chi connectivity index (χ1v) is 10.1. The van der Waals surface area contributed by atoms with Crippen molar-refractivity contribution in [2.24, 2.45) is 0 Å². The molecule has 1 atom stereocenters. The van der Waals surface area contributed by atoms with Crippen LogP contribution in [0.1, 0.15) is 42.7 Å². The molecular formula is C23H32N2O4. The summed E-state index contributed by atoms with van der Waals surface area (Å²) in [6.45, 7) is 7.77. The quantitative estimate of drug-likeness (QED) is 0.620. The molecule has 1 N–H and O–H groups in total. The maximum Gasteiger partial charge on any atom is 0.252 e. The molecule has 2 aromatic rings. The Morgan fingerprint density at radius 1 is 0.931 bits per heavy atom. The first kappa shape index (κ1) is 22.6. The Morgan fingerprint density at radius 3 is 1.97 bits per heavy atom. The lowest BCUT2D eigenvalue weighted by Gasteiger charge is -2.23. The highest BCUT2D eigenvalue weighted by Gasteiger charge is 2.21. The van der Waals surface area contributed by atoms with E-state index in [1.807, 2.05) is 70.1 Å². The number of amides is 1. The van der Waals surface area contributed by atoms with Crippen LogP contribution >= 0.6 is 0 Å². The van der Waals surface area contributed by atoms with E-state index >= 15 is 0 Å². The standard InChI is InChI=1S/C23H32N2O4/c1-6-27-20-14-18(15-21(28-7-2)22(20)29-8-3)23(26)24-19(16-25(4)5)17-12-10-9-11-13-17/h9-15,19H,6-8,16H2,1-5H3,(H,24,26). The molecule has 2 rings (SSSR count). The van der Waals surface area contributed by atoms with Crippen LogP contribution in [0, 0.1) is 0 Å². The minimum absolute atomic E-state index is 0.142. The number of hydrogen-bond acceptors (Lipinski definition) is 5. The van der Waals surface area contributed by atoms with Crippen molar-refractivity contribution in [3.63, 3.8) is 0 Å². The highest BCUT2D eigenvalue weighted by molar-refractivity contribution is 5.96. The molecular weight excluding hydrogens is 368 g/mol. The van der Waals surface area contributed by atoms with Gasteiger partial charge in [-0.05, 0) is 52.6 Å². The summed E-state index contributed by atoms with van der Waals surface area (Å²) in [5.41, 5.74) is 1.52. The third kappa shape index (κ3) is 6.39. The predicted molar refractivity (Wildman–Crippen MR) is 115 cm³/mol. The lowest BCUT2D eigenvalue weighted by molar-refractivity contribution is 0.0928. The first-order chi connectivity index (χ1) is 14.0. The highest BCUT2D eigenvalue weighted by atomic mass is 16.5. The van der Waals surface area contributed by atoms with E-state index in [9.17, 15) is 4.79 Å². The van der Waals surface area contributed by atoms with Crippen LogP contribution in [0.4, 0.5) is 0 Å². The van der Waals surface area contributed by atoms with Gasteiger partial charge in [0.25, 0.3) is 5.91 Å². The molecule has 0 aliphatic heterocycles. The van der Waals surface area contributed by atoms with Crippen LogP contribution < -0.4 is 19.5 Å². The molecule has 0 aliphatic carbocycles. The van der Waals surface area contributed by atoms with E-state index < -0.39 is 0 Å². The summed E-state index contributed by atoms with van der Waals surface area (Å²) >= 11 is 0. The third-order valence-electron chi connectivity index (χ3n) is 4.23. The topological polar surface area (TPSA) is 60.0 Å². The molecule has 0 saturated carbocycles. The van der Waals surface area contributed by atoms with Crippen molar-refractivity contribution >= 4 is 5.91 Å². The van der Waals surface area contributed by atoms with Gasteiger partial charge in [-0.2, -0.15) is 0 Å². The van der Waals surface area contributed by atoms with Crippen LogP contribution in [0.15, 0.2) is 42.5 Å². The Balaban J connectivity index is 2.36. The fourth-order valence-corrected chi connectivity index (χ4v) is 3.05. The monoisotopic (exact) mass is 400 g/mol. The maximum absolute atomic E-state index is 13.1. The number of nitrogens with zero attached hydrogens (tertiary/aromatic N) is 1. The Bertz CT molecular complexity index is 751. The van der Waals surface area contributed by atoms with Crippen molar-refractivity contribution in [1.82, 2.24) is 10.2 Å². The minimum atomic E-state index is -0.189. The number of likely N-dealkylation sites (N-methyl/N-ethyl adjacent to an activating group) is 1. The van der Waals surface area contributed by atoms with Crippen LogP contribution in [0.2, 0.25) is 0 Å². The van der Waals surface area contributed by atoms with E-state index in [1.54, 1.807) is 12.1 Å². The Hall–Kier alpha value is -2.73. The normalized spacial score (nSPS) is 11.8. The number of hydrogen-bond donors (Lipinski definition) is 1. The van der Waals surface area contributed by atoms with Crippen molar-refractivity contribution in [2.75, 3.05) is 40.5 Å². The molecule has 0 saturated heterocycles. The second-order valence-corrected chi connectivity index (χ2v) is 6.80. The summed E-state index contributed by atoms with van der Waals surface area (Å²) in [7, 11) is 3.97. The third-order valence-corrected chi connectivity index (χ3v) is 4.23. The summed E-state index contributed by atoms with van der Waals surface area (Å²) in [6, 6.07) is 13.2. The van der Waals surface area contributed by atoms with E-state index in [-0.39, 0.29) is 11.9 Å². The summed E-state index contributed by atoms with van der Waals surface area (Å²) < 4.78 is 17.2. The van der Waals surface area contributed by atoms with Crippen LogP contribution in [-0.4, -0.2) is 51.3 Å². The molecule has 0 bridgehead atoms. The lowest BCUT2D eigenvalue weighted by atomic mass is 10.1. The van der Waals surface area contributed by atoms with Crippen molar-refractivity contribution in [2.45, 2.75) is 26.8 Å². The van der Waals surface area contributed by atoms with Gasteiger partial charge in [-0.1, -0.05) is 30.3 Å². The van der Waals surface area contributed by atoms with Gasteiger partial charge in [0.05, 0.1) is 25.9 Å². The molecule has 2 aromatic carbocycles. The van der Waals surface area contributed by atoms with Gasteiger partial charge < -0.3 is 24.4 Å². The van der Waals surface area contributed by atoms with Crippen molar-refractivity contribution < 1.29 is 19.0 Å². The number of ether oxygens (including phenoxy) is 3. The second kappa shape index (κ2) is 11.3. The summed E-state index contributed by atoms with van der Waals surface area (Å²) in [6.07, 6.45) is 0. The maximum atomic E-state index is 13.1. The number of nitrogens with one attached hydrogen (secondary N) is 1. The average molecular weight is 401 g/mol. The zero-order chi connectivity index (χ0) is 21.2. The minimum Gasteiger partial charge on any atom is -0.490 e. The fourth-order valence-electron chi connectivity index (χ4n) is 3.05. The second-order valence-electron chi connectivity index (χ2n) is 6.80. The number of carbonyl (C=O) groups is 1. The Kier molecular flexibility index (Phi) is 8.80. The number of benzene rings is 2. The van der Waals surface area contributed by atoms with Gasteiger partial charge in [-0.25, -0.2) is 0 Å². The van der Waals surface area contributed by atoms with E-state index in [0.29, 0.717) is 49.2 Å². The highest BCUT2D eigenvalue weighted by Crippen LogP contribution is 2.39. The van der Waals surface area contributed by atoms with Gasteiger partial charge in [0.2, 0.25) is 5.75 Å². The molecule has 158 valence electrons. The van der Waals surface area contributed by atoms with Gasteiger partial charge in [0.1, 0.15) is 0 Å². The van der Waals surface area contributed by atoms with E-state index in [0.717, 1.165) is 5.56 Å². The number of rotatable bonds is 11. The lowest BCUT2D eigenvalue weighted by Crippen LogP contribution is -2.35. The molecule has 0 heterocycles. The summed E-state index contributed by atoms with van der Waals surface area (Å²) in [5.74, 6) is 1.36. The molecule has 0 aliphatic rings. The van der Waals surface area contributed by atoms with Crippen molar-refractivity contribution in [1.29, 1.82) is 0 Å². The van der Waals surface area contributed by atoms with E-state index in [1.165, 1.54) is 0 Å². The van der Waals surface area contributed by atoms with Gasteiger partial charge in [0.15, 0.2) is 11.5 Å². The van der Waals surface area contributed by atoms with Gasteiger partial charge in [0, 0.05) is 12.1 Å². The fraction of sp³-hybridized carbons (Fsp3) is 0.435. The molecule has 0 fully saturated rings. The van der Waals surface area contributed by atoms with Crippen molar-refractivity contribution in [3.8, 4) is 17.2 Å². The van der Waals surface area contributed by atoms with Gasteiger partial charge in [-0.3, -0.25) is 4.79 Å². The predicted octanol–water partition coefficient (Wildman–Crippen LogP) is 3.92. The van der Waals surface area contributed by atoms with Gasteiger partial charge >= 0.3 is 0 Å². The molecule has 6 heteroatoms. The molecule has 0 spiro atoms. The van der Waals surface area contributed by atoms with E-state index in [2.05, 4.69) is 5.32 Å². The van der Waals surface area contributed by atoms with E-state index in [4.69, 9.17) is 14.2 Å². The van der Waals surface area contributed by atoms with Crippen LogP contribution in [0.3, 0.4) is 0 Å². The largest absolute Gasteiger partial charge is 0.490 e. The average Bonchev–Trinajstić information content (AvgIpc) is 2.70. The Labute approximate surface area is 173 Å². The first-order valence-electron chi connectivity index (χ1n) is 10.1. The van der Waals surface area contributed by atoms with Crippen LogP contribution in [-0.2, 0) is 0 Å². The van der Waals surface area contributed by atoms with Crippen LogP contribution in [0.5, 0.6) is 17.2 Å². The van der Waals surface area contributed by atoms with Crippen molar-refractivity contribution in [3.05, 3.63) is 53.6 Å². The molecule has 6 nitrogen and oxygen atoms in total. The smallest absolute Gasteiger partial charge is 0.252 e. The molecule has 1 unspecified atom stereocenters. The molecule has 0 radical (unpaired) electrons. The zero-order valence-corrected chi connectivity index (χ0v) is 18.0. The summed E-state index contributed by atoms with van der Waals surface area (Å²) in [5, 5.41) is 3.14. The molecule has 1 amide bonds. The zero-order valence-electron chi connectivity index (χ0n) is 18.0.